The molecule has 2 aromatic carbocycles. The van der Waals surface area contributed by atoms with E-state index in [-0.39, 0.29) is 12.5 Å². The van der Waals surface area contributed by atoms with Gasteiger partial charge in [0.05, 0.1) is 31.8 Å². The van der Waals surface area contributed by atoms with Crippen molar-refractivity contribution >= 4 is 21.6 Å². The van der Waals surface area contributed by atoms with Gasteiger partial charge in [0.2, 0.25) is 15.9 Å². The standard InChI is InChI=1S/C23H31N3O5S/c1-3-31-22-6-4-5-21(15-22)26(32(2,28)29)18-23(27)24-16-19-7-9-20(10-8-19)17-25-11-13-30-14-12-25/h4-10,15H,3,11-14,16-18H2,1-2H3,(H,24,27). The molecule has 0 bridgehead atoms. The molecule has 1 saturated heterocycles. The van der Waals surface area contributed by atoms with E-state index >= 15 is 0 Å². The average Bonchev–Trinajstić information content (AvgIpc) is 2.77. The minimum Gasteiger partial charge on any atom is -0.494 e. The van der Waals surface area contributed by atoms with Gasteiger partial charge in [-0.3, -0.25) is 14.0 Å². The molecule has 2 aromatic rings. The molecule has 8 nitrogen and oxygen atoms in total. The first-order chi connectivity index (χ1) is 15.3. The molecule has 1 amide bonds. The molecule has 1 aliphatic heterocycles. The Labute approximate surface area is 190 Å². The van der Waals surface area contributed by atoms with Gasteiger partial charge in [0.1, 0.15) is 12.3 Å². The molecule has 0 saturated carbocycles. The Morgan fingerprint density at radius 2 is 1.81 bits per heavy atom. The van der Waals surface area contributed by atoms with Crippen LogP contribution < -0.4 is 14.4 Å². The number of carbonyl (C=O) groups excluding carboxylic acids is 1. The Morgan fingerprint density at radius 3 is 2.47 bits per heavy atom. The van der Waals surface area contributed by atoms with E-state index in [1.807, 2.05) is 19.1 Å². The quantitative estimate of drug-likeness (QED) is 0.582. The molecule has 1 heterocycles. The van der Waals surface area contributed by atoms with E-state index in [2.05, 4.69) is 22.3 Å². The molecule has 3 rings (SSSR count). The van der Waals surface area contributed by atoms with Crippen LogP contribution in [0.3, 0.4) is 0 Å². The highest BCUT2D eigenvalue weighted by atomic mass is 32.2. The topological polar surface area (TPSA) is 88.2 Å². The Bertz CT molecular complexity index is 989. The summed E-state index contributed by atoms with van der Waals surface area (Å²) >= 11 is 0. The minimum atomic E-state index is -3.64. The molecule has 9 heteroatoms. The molecule has 1 aliphatic rings. The normalized spacial score (nSPS) is 14.7. The van der Waals surface area contributed by atoms with Crippen LogP contribution in [-0.4, -0.2) is 64.9 Å². The third-order valence-electron chi connectivity index (χ3n) is 5.13. The van der Waals surface area contributed by atoms with Crippen LogP contribution in [0, 0.1) is 0 Å². The van der Waals surface area contributed by atoms with Crippen LogP contribution in [0.15, 0.2) is 48.5 Å². The van der Waals surface area contributed by atoms with E-state index in [0.717, 1.165) is 49.0 Å². The van der Waals surface area contributed by atoms with E-state index in [0.29, 0.717) is 24.6 Å². The zero-order valence-corrected chi connectivity index (χ0v) is 19.4. The van der Waals surface area contributed by atoms with Crippen LogP contribution in [0.25, 0.3) is 0 Å². The predicted octanol–water partition coefficient (Wildman–Crippen LogP) is 2.00. The maximum atomic E-state index is 12.5. The second kappa shape index (κ2) is 11.3. The zero-order chi connectivity index (χ0) is 23.0. The summed E-state index contributed by atoms with van der Waals surface area (Å²) < 4.78 is 36.5. The number of sulfonamides is 1. The number of rotatable bonds is 10. The molecule has 174 valence electrons. The van der Waals surface area contributed by atoms with Gasteiger partial charge in [0.15, 0.2) is 0 Å². The van der Waals surface area contributed by atoms with Crippen molar-refractivity contribution in [1.82, 2.24) is 10.2 Å². The lowest BCUT2D eigenvalue weighted by Crippen LogP contribution is -2.40. The maximum Gasteiger partial charge on any atom is 0.241 e. The Balaban J connectivity index is 1.56. The van der Waals surface area contributed by atoms with Crippen LogP contribution in [-0.2, 0) is 32.6 Å². The number of hydrogen-bond acceptors (Lipinski definition) is 6. The van der Waals surface area contributed by atoms with E-state index in [4.69, 9.17) is 9.47 Å². The van der Waals surface area contributed by atoms with Gasteiger partial charge in [-0.25, -0.2) is 8.42 Å². The van der Waals surface area contributed by atoms with Gasteiger partial charge in [-0.15, -0.1) is 0 Å². The number of hydrogen-bond donors (Lipinski definition) is 1. The van der Waals surface area contributed by atoms with E-state index in [9.17, 15) is 13.2 Å². The number of benzene rings is 2. The summed E-state index contributed by atoms with van der Waals surface area (Å²) in [7, 11) is -3.64. The summed E-state index contributed by atoms with van der Waals surface area (Å²) in [5.74, 6) is 0.172. The number of nitrogens with one attached hydrogen (secondary N) is 1. The third kappa shape index (κ3) is 7.22. The first kappa shape index (κ1) is 24.0. The summed E-state index contributed by atoms with van der Waals surface area (Å²) in [6.45, 7) is 6.62. The van der Waals surface area contributed by atoms with Gasteiger partial charge in [0, 0.05) is 32.2 Å². The first-order valence-electron chi connectivity index (χ1n) is 10.7. The van der Waals surface area contributed by atoms with Crippen molar-refractivity contribution in [3.63, 3.8) is 0 Å². The minimum absolute atomic E-state index is 0.302. The first-order valence-corrected chi connectivity index (χ1v) is 12.5. The molecule has 0 unspecified atom stereocenters. The lowest BCUT2D eigenvalue weighted by molar-refractivity contribution is -0.119. The zero-order valence-electron chi connectivity index (χ0n) is 18.6. The molecule has 1 fully saturated rings. The number of anilines is 1. The smallest absolute Gasteiger partial charge is 0.241 e. The second-order valence-corrected chi connectivity index (χ2v) is 9.59. The van der Waals surface area contributed by atoms with Crippen molar-refractivity contribution in [1.29, 1.82) is 0 Å². The maximum absolute atomic E-state index is 12.5. The largest absolute Gasteiger partial charge is 0.494 e. The van der Waals surface area contributed by atoms with Crippen molar-refractivity contribution < 1.29 is 22.7 Å². The van der Waals surface area contributed by atoms with Crippen LogP contribution in [0.1, 0.15) is 18.1 Å². The van der Waals surface area contributed by atoms with Gasteiger partial charge >= 0.3 is 0 Å². The number of ether oxygens (including phenoxy) is 2. The highest BCUT2D eigenvalue weighted by Gasteiger charge is 2.21. The lowest BCUT2D eigenvalue weighted by Gasteiger charge is -2.26. The van der Waals surface area contributed by atoms with Crippen LogP contribution in [0.4, 0.5) is 5.69 Å². The van der Waals surface area contributed by atoms with Crippen LogP contribution in [0.5, 0.6) is 5.75 Å². The summed E-state index contributed by atoms with van der Waals surface area (Å²) in [6, 6.07) is 14.8. The molecule has 0 radical (unpaired) electrons. The fraction of sp³-hybridized carbons (Fsp3) is 0.435. The SMILES string of the molecule is CCOc1cccc(N(CC(=O)NCc2ccc(CN3CCOCC3)cc2)S(C)(=O)=O)c1. The molecule has 0 aliphatic carbocycles. The summed E-state index contributed by atoms with van der Waals surface area (Å²) in [5.41, 5.74) is 2.55. The number of amides is 1. The van der Waals surface area contributed by atoms with Gasteiger partial charge in [-0.1, -0.05) is 30.3 Å². The third-order valence-corrected chi connectivity index (χ3v) is 6.27. The van der Waals surface area contributed by atoms with E-state index < -0.39 is 10.0 Å². The average molecular weight is 462 g/mol. The fourth-order valence-corrected chi connectivity index (χ4v) is 4.31. The number of carbonyl (C=O) groups is 1. The van der Waals surface area contributed by atoms with Gasteiger partial charge in [0.25, 0.3) is 0 Å². The molecule has 32 heavy (non-hydrogen) atoms. The van der Waals surface area contributed by atoms with Crippen molar-refractivity contribution in [2.24, 2.45) is 0 Å². The number of nitrogens with zero attached hydrogens (tertiary/aromatic N) is 2. The predicted molar refractivity (Wildman–Crippen MR) is 124 cm³/mol. The van der Waals surface area contributed by atoms with Crippen molar-refractivity contribution in [3.05, 3.63) is 59.7 Å². The van der Waals surface area contributed by atoms with E-state index in [1.165, 1.54) is 5.56 Å². The molecule has 0 atom stereocenters. The van der Waals surface area contributed by atoms with Gasteiger partial charge in [-0.05, 0) is 30.2 Å². The van der Waals surface area contributed by atoms with Crippen LogP contribution >= 0.6 is 0 Å². The van der Waals surface area contributed by atoms with Crippen molar-refractivity contribution in [2.45, 2.75) is 20.0 Å². The van der Waals surface area contributed by atoms with Crippen LogP contribution in [0.2, 0.25) is 0 Å². The highest BCUT2D eigenvalue weighted by molar-refractivity contribution is 7.92. The summed E-state index contributed by atoms with van der Waals surface area (Å²) in [6.07, 6.45) is 1.08. The van der Waals surface area contributed by atoms with Crippen molar-refractivity contribution in [3.8, 4) is 5.75 Å². The molecular formula is C23H31N3O5S. The van der Waals surface area contributed by atoms with Gasteiger partial charge < -0.3 is 14.8 Å². The lowest BCUT2D eigenvalue weighted by atomic mass is 10.1. The highest BCUT2D eigenvalue weighted by Crippen LogP contribution is 2.23. The molecular weight excluding hydrogens is 430 g/mol. The monoisotopic (exact) mass is 461 g/mol. The fourth-order valence-electron chi connectivity index (χ4n) is 3.46. The summed E-state index contributed by atoms with van der Waals surface area (Å²) in [5, 5.41) is 2.81. The Morgan fingerprint density at radius 1 is 1.12 bits per heavy atom. The molecule has 0 aromatic heterocycles. The van der Waals surface area contributed by atoms with Crippen molar-refractivity contribution in [2.75, 3.05) is 50.0 Å². The Hall–Kier alpha value is -2.62. The molecule has 1 N–H and O–H groups in total. The number of morpholine rings is 1. The summed E-state index contributed by atoms with van der Waals surface area (Å²) in [4.78, 5) is 14.9. The van der Waals surface area contributed by atoms with Gasteiger partial charge in [-0.2, -0.15) is 0 Å². The Kier molecular flexibility index (Phi) is 8.49. The second-order valence-electron chi connectivity index (χ2n) is 7.68. The van der Waals surface area contributed by atoms with E-state index in [1.54, 1.807) is 24.3 Å². The molecule has 0 spiro atoms.